The first-order valence-corrected chi connectivity index (χ1v) is 6.03. The number of carbonyl (C=O) groups is 1. The van der Waals surface area contributed by atoms with Crippen molar-refractivity contribution in [1.82, 2.24) is 0 Å². The van der Waals surface area contributed by atoms with Gasteiger partial charge >= 0.3 is 5.97 Å². The second-order valence-electron chi connectivity index (χ2n) is 4.21. The Morgan fingerprint density at radius 3 is 3.12 bits per heavy atom. The van der Waals surface area contributed by atoms with Gasteiger partial charge in [-0.25, -0.2) is 0 Å². The zero-order valence-electron chi connectivity index (χ0n) is 10.0. The van der Waals surface area contributed by atoms with Gasteiger partial charge in [-0.05, 0) is 43.4 Å². The van der Waals surface area contributed by atoms with Crippen molar-refractivity contribution in [3.8, 4) is 0 Å². The van der Waals surface area contributed by atoms with Crippen molar-refractivity contribution in [2.75, 3.05) is 12.0 Å². The lowest BCUT2D eigenvalue weighted by Gasteiger charge is -2.25. The largest absolute Gasteiger partial charge is 0.466 e. The van der Waals surface area contributed by atoms with Gasteiger partial charge in [-0.15, -0.1) is 0 Å². The highest BCUT2D eigenvalue weighted by Gasteiger charge is 2.28. The van der Waals surface area contributed by atoms with Crippen LogP contribution in [0.2, 0.25) is 0 Å². The molecule has 1 unspecified atom stereocenters. The smallest absolute Gasteiger partial charge is 0.313 e. The highest BCUT2D eigenvalue weighted by atomic mass is 16.5. The van der Waals surface area contributed by atoms with Crippen molar-refractivity contribution in [3.63, 3.8) is 0 Å². The van der Waals surface area contributed by atoms with E-state index in [-0.39, 0.29) is 11.9 Å². The molecule has 1 aliphatic rings. The van der Waals surface area contributed by atoms with Crippen molar-refractivity contribution >= 4 is 11.7 Å². The Hall–Kier alpha value is -1.55. The molecule has 3 N–H and O–H groups in total. The maximum absolute atomic E-state index is 11.9. The van der Waals surface area contributed by atoms with Crippen LogP contribution in [0.4, 0.5) is 5.69 Å². The van der Waals surface area contributed by atoms with E-state index in [0.717, 1.165) is 36.1 Å². The molecule has 2 rings (SSSR count). The monoisotopic (exact) mass is 234 g/mol. The Morgan fingerprint density at radius 1 is 1.59 bits per heavy atom. The zero-order valence-corrected chi connectivity index (χ0v) is 10.0. The summed E-state index contributed by atoms with van der Waals surface area (Å²) >= 11 is 0. The molecule has 1 aromatic carbocycles. The van der Waals surface area contributed by atoms with Crippen LogP contribution in [-0.4, -0.2) is 12.6 Å². The van der Waals surface area contributed by atoms with Crippen LogP contribution in [0.5, 0.6) is 0 Å². The molecule has 0 aliphatic heterocycles. The lowest BCUT2D eigenvalue weighted by Crippen LogP contribution is -2.22. The van der Waals surface area contributed by atoms with Gasteiger partial charge in [0.1, 0.15) is 0 Å². The topological polar surface area (TPSA) is 64.3 Å². The molecule has 0 saturated heterocycles. The number of ether oxygens (including phenoxy) is 1. The molecule has 1 aromatic rings. The van der Waals surface area contributed by atoms with Crippen molar-refractivity contribution in [3.05, 3.63) is 29.3 Å². The molecule has 0 heterocycles. The average molecular weight is 234 g/mol. The first-order chi connectivity index (χ1) is 8.27. The summed E-state index contributed by atoms with van der Waals surface area (Å²) in [5.74, 6) is 5.23. The summed E-state index contributed by atoms with van der Waals surface area (Å²) in [6.07, 6.45) is 2.82. The quantitative estimate of drug-likeness (QED) is 0.476. The Morgan fingerprint density at radius 2 is 2.41 bits per heavy atom. The molecule has 0 saturated carbocycles. The first-order valence-electron chi connectivity index (χ1n) is 6.03. The van der Waals surface area contributed by atoms with E-state index in [1.807, 2.05) is 25.1 Å². The number of anilines is 1. The van der Waals surface area contributed by atoms with Crippen LogP contribution < -0.4 is 11.3 Å². The maximum atomic E-state index is 11.9. The van der Waals surface area contributed by atoms with Gasteiger partial charge in [0, 0.05) is 0 Å². The van der Waals surface area contributed by atoms with E-state index in [9.17, 15) is 4.79 Å². The summed E-state index contributed by atoms with van der Waals surface area (Å²) in [6.45, 7) is 2.26. The highest BCUT2D eigenvalue weighted by molar-refractivity contribution is 5.80. The minimum Gasteiger partial charge on any atom is -0.466 e. The normalized spacial score (nSPS) is 18.4. The molecular formula is C13H18N2O2. The van der Waals surface area contributed by atoms with Crippen molar-refractivity contribution in [1.29, 1.82) is 0 Å². The number of esters is 1. The van der Waals surface area contributed by atoms with E-state index in [1.165, 1.54) is 0 Å². The Balaban J connectivity index is 2.34. The fourth-order valence-corrected chi connectivity index (χ4v) is 2.47. The predicted molar refractivity (Wildman–Crippen MR) is 66.6 cm³/mol. The van der Waals surface area contributed by atoms with Crippen LogP contribution in [0.25, 0.3) is 0 Å². The van der Waals surface area contributed by atoms with E-state index >= 15 is 0 Å². The van der Waals surface area contributed by atoms with Gasteiger partial charge in [0.25, 0.3) is 0 Å². The van der Waals surface area contributed by atoms with E-state index in [4.69, 9.17) is 10.6 Å². The molecule has 1 atom stereocenters. The molecule has 0 amide bonds. The second kappa shape index (κ2) is 5.19. The van der Waals surface area contributed by atoms with Crippen LogP contribution in [-0.2, 0) is 16.0 Å². The molecule has 0 spiro atoms. The van der Waals surface area contributed by atoms with Crippen molar-refractivity contribution < 1.29 is 9.53 Å². The summed E-state index contributed by atoms with van der Waals surface area (Å²) in [7, 11) is 0. The predicted octanol–water partition coefficient (Wildman–Crippen LogP) is 1.96. The molecular weight excluding hydrogens is 216 g/mol. The number of benzene rings is 1. The number of hydrogen-bond donors (Lipinski definition) is 2. The van der Waals surface area contributed by atoms with E-state index in [2.05, 4.69) is 5.43 Å². The van der Waals surface area contributed by atoms with E-state index in [0.29, 0.717) is 6.61 Å². The highest BCUT2D eigenvalue weighted by Crippen LogP contribution is 2.35. The van der Waals surface area contributed by atoms with Crippen molar-refractivity contribution in [2.24, 2.45) is 5.84 Å². The van der Waals surface area contributed by atoms with Gasteiger partial charge in [0.2, 0.25) is 0 Å². The summed E-state index contributed by atoms with van der Waals surface area (Å²) in [6, 6.07) is 5.86. The number of carbonyl (C=O) groups excluding carboxylic acids is 1. The van der Waals surface area contributed by atoms with Gasteiger partial charge in [-0.1, -0.05) is 12.1 Å². The standard InChI is InChI=1S/C13H18N2O2/c1-2-17-13(16)11-7-3-6-10-9(11)5-4-8-12(10)15-14/h4-5,8,11,15H,2-3,6-7,14H2,1H3. The number of nitrogen functional groups attached to an aromatic ring is 1. The zero-order chi connectivity index (χ0) is 12.3. The van der Waals surface area contributed by atoms with Crippen molar-refractivity contribution in [2.45, 2.75) is 32.1 Å². The Labute approximate surface area is 101 Å². The molecule has 0 bridgehead atoms. The Bertz CT molecular complexity index is 418. The number of fused-ring (bicyclic) bond motifs is 1. The summed E-state index contributed by atoms with van der Waals surface area (Å²) in [5.41, 5.74) is 5.82. The van der Waals surface area contributed by atoms with Gasteiger partial charge in [-0.3, -0.25) is 10.6 Å². The fraction of sp³-hybridized carbons (Fsp3) is 0.462. The Kier molecular flexibility index (Phi) is 3.64. The van der Waals surface area contributed by atoms with Gasteiger partial charge in [0.15, 0.2) is 0 Å². The summed E-state index contributed by atoms with van der Waals surface area (Å²) in [4.78, 5) is 11.9. The minimum atomic E-state index is -0.132. The molecule has 1 aliphatic carbocycles. The maximum Gasteiger partial charge on any atom is 0.313 e. The SMILES string of the molecule is CCOC(=O)C1CCCc2c(NN)cccc21. The fourth-order valence-electron chi connectivity index (χ4n) is 2.47. The first kappa shape index (κ1) is 11.9. The van der Waals surface area contributed by atoms with Crippen LogP contribution in [0.3, 0.4) is 0 Å². The van der Waals surface area contributed by atoms with Crippen LogP contribution in [0.1, 0.15) is 36.8 Å². The van der Waals surface area contributed by atoms with Gasteiger partial charge in [-0.2, -0.15) is 0 Å². The van der Waals surface area contributed by atoms with E-state index < -0.39 is 0 Å². The molecule has 0 fully saturated rings. The number of hydrogen-bond acceptors (Lipinski definition) is 4. The van der Waals surface area contributed by atoms with Crippen LogP contribution in [0, 0.1) is 0 Å². The molecule has 0 aromatic heterocycles. The number of rotatable bonds is 3. The summed E-state index contributed by atoms with van der Waals surface area (Å²) in [5, 5.41) is 0. The van der Waals surface area contributed by atoms with Crippen LogP contribution >= 0.6 is 0 Å². The van der Waals surface area contributed by atoms with Gasteiger partial charge in [0.05, 0.1) is 18.2 Å². The lowest BCUT2D eigenvalue weighted by molar-refractivity contribution is -0.145. The number of nitrogens with one attached hydrogen (secondary N) is 1. The van der Waals surface area contributed by atoms with Crippen LogP contribution in [0.15, 0.2) is 18.2 Å². The lowest BCUT2D eigenvalue weighted by atomic mass is 9.82. The number of hydrazine groups is 1. The second-order valence-corrected chi connectivity index (χ2v) is 4.21. The molecule has 4 heteroatoms. The average Bonchev–Trinajstić information content (AvgIpc) is 2.37. The van der Waals surface area contributed by atoms with Gasteiger partial charge < -0.3 is 10.2 Å². The molecule has 4 nitrogen and oxygen atoms in total. The minimum absolute atomic E-state index is 0.123. The molecule has 17 heavy (non-hydrogen) atoms. The summed E-state index contributed by atoms with van der Waals surface area (Å²) < 4.78 is 5.12. The third-order valence-electron chi connectivity index (χ3n) is 3.23. The third kappa shape index (κ3) is 2.26. The molecule has 92 valence electrons. The number of nitrogens with two attached hydrogens (primary N) is 1. The third-order valence-corrected chi connectivity index (χ3v) is 3.23. The molecule has 0 radical (unpaired) electrons. The van der Waals surface area contributed by atoms with E-state index in [1.54, 1.807) is 0 Å².